The third kappa shape index (κ3) is 7.45. The largest absolute Gasteiger partial charge is 0.495 e. The van der Waals surface area contributed by atoms with Gasteiger partial charge in [-0.3, -0.25) is 19.3 Å². The summed E-state index contributed by atoms with van der Waals surface area (Å²) in [5.41, 5.74) is 2.31. The van der Waals surface area contributed by atoms with Gasteiger partial charge in [0.05, 0.1) is 12.1 Å². The van der Waals surface area contributed by atoms with E-state index < -0.39 is 30.4 Å². The van der Waals surface area contributed by atoms with Crippen LogP contribution in [0.5, 0.6) is 5.75 Å². The molecule has 194 valence electrons. The van der Waals surface area contributed by atoms with E-state index in [9.17, 15) is 14.4 Å². The number of methoxy groups -OCH3 is 1. The molecular weight excluding hydrogens is 517 g/mol. The molecule has 0 saturated heterocycles. The van der Waals surface area contributed by atoms with Crippen LogP contribution in [0.4, 0.5) is 11.4 Å². The van der Waals surface area contributed by atoms with E-state index in [4.69, 9.17) is 33.0 Å². The predicted octanol–water partition coefficient (Wildman–Crippen LogP) is 3.95. The Morgan fingerprint density at radius 3 is 2.32 bits per heavy atom. The summed E-state index contributed by atoms with van der Waals surface area (Å²) in [4.78, 5) is 39.5. The maximum absolute atomic E-state index is 13.6. The van der Waals surface area contributed by atoms with Crippen LogP contribution in [-0.2, 0) is 20.8 Å². The van der Waals surface area contributed by atoms with Crippen molar-refractivity contribution in [2.75, 3.05) is 36.4 Å². The fraction of sp³-hybridized carbons (Fsp3) is 0.222. The molecule has 0 spiro atoms. The average molecular weight is 544 g/mol. The molecule has 0 aliphatic carbocycles. The lowest BCUT2D eigenvalue weighted by molar-refractivity contribution is -0.125. The first-order chi connectivity index (χ1) is 17.9. The van der Waals surface area contributed by atoms with Crippen molar-refractivity contribution in [1.82, 2.24) is 5.32 Å². The molecule has 3 amide bonds. The first-order valence-electron chi connectivity index (χ1n) is 11.4. The smallest absolute Gasteiger partial charge is 0.250 e. The van der Waals surface area contributed by atoms with Gasteiger partial charge >= 0.3 is 0 Å². The van der Waals surface area contributed by atoms with Crippen molar-refractivity contribution in [3.8, 4) is 5.75 Å². The van der Waals surface area contributed by atoms with E-state index in [1.165, 1.54) is 18.1 Å². The molecule has 1 atom stereocenters. The average Bonchev–Trinajstić information content (AvgIpc) is 2.92. The van der Waals surface area contributed by atoms with Gasteiger partial charge in [0, 0.05) is 17.9 Å². The number of hydrogen-bond donors (Lipinski definition) is 3. The molecule has 3 aromatic carbocycles. The van der Waals surface area contributed by atoms with Crippen molar-refractivity contribution < 1.29 is 24.2 Å². The van der Waals surface area contributed by atoms with Crippen LogP contribution in [0.1, 0.15) is 17.2 Å². The summed E-state index contributed by atoms with van der Waals surface area (Å²) < 4.78 is 5.22. The summed E-state index contributed by atoms with van der Waals surface area (Å²) in [7, 11) is 1.47. The third-order valence-corrected chi connectivity index (χ3v) is 6.04. The Kier molecular flexibility index (Phi) is 10.3. The van der Waals surface area contributed by atoms with E-state index in [1.807, 2.05) is 30.3 Å². The zero-order valence-corrected chi connectivity index (χ0v) is 21.6. The topological polar surface area (TPSA) is 108 Å². The van der Waals surface area contributed by atoms with Crippen LogP contribution in [0.3, 0.4) is 0 Å². The van der Waals surface area contributed by atoms with E-state index in [0.717, 1.165) is 5.56 Å². The molecule has 0 fully saturated rings. The molecule has 1 unspecified atom stereocenters. The van der Waals surface area contributed by atoms with Crippen LogP contribution < -0.4 is 20.3 Å². The maximum atomic E-state index is 13.6. The van der Waals surface area contributed by atoms with Crippen LogP contribution in [0.15, 0.2) is 72.8 Å². The molecule has 0 radical (unpaired) electrons. The van der Waals surface area contributed by atoms with Crippen molar-refractivity contribution in [2.24, 2.45) is 0 Å². The summed E-state index contributed by atoms with van der Waals surface area (Å²) in [5, 5.41) is 14.7. The summed E-state index contributed by atoms with van der Waals surface area (Å²) in [6, 6.07) is 19.8. The Balaban J connectivity index is 1.97. The van der Waals surface area contributed by atoms with Crippen LogP contribution in [0, 0.1) is 0 Å². The normalized spacial score (nSPS) is 11.4. The summed E-state index contributed by atoms with van der Waals surface area (Å²) >= 11 is 12.3. The van der Waals surface area contributed by atoms with Gasteiger partial charge in [-0.05, 0) is 47.9 Å². The number of nitrogens with zero attached hydrogens (tertiary/aromatic N) is 1. The highest BCUT2D eigenvalue weighted by molar-refractivity contribution is 6.33. The number of aliphatic hydroxyl groups excluding tert-OH is 1. The Morgan fingerprint density at radius 1 is 1.03 bits per heavy atom. The zero-order chi connectivity index (χ0) is 26.8. The summed E-state index contributed by atoms with van der Waals surface area (Å²) in [6.07, 6.45) is 0.600. The minimum absolute atomic E-state index is 0.262. The minimum atomic E-state index is -1.09. The molecule has 3 N–H and O–H groups in total. The lowest BCUT2D eigenvalue weighted by atomic mass is 10.0. The van der Waals surface area contributed by atoms with Gasteiger partial charge in [-0.25, -0.2) is 0 Å². The number of aliphatic hydroxyl groups is 1. The van der Waals surface area contributed by atoms with Gasteiger partial charge in [0.1, 0.15) is 24.3 Å². The Hall–Kier alpha value is -3.59. The molecule has 0 aliphatic rings. The van der Waals surface area contributed by atoms with Gasteiger partial charge < -0.3 is 20.5 Å². The second-order valence-electron chi connectivity index (χ2n) is 7.97. The predicted molar refractivity (Wildman–Crippen MR) is 144 cm³/mol. The lowest BCUT2D eigenvalue weighted by Crippen LogP contribution is -2.45. The van der Waals surface area contributed by atoms with E-state index in [1.54, 1.807) is 36.4 Å². The summed E-state index contributed by atoms with van der Waals surface area (Å²) in [5.74, 6) is -1.47. The fourth-order valence-electron chi connectivity index (χ4n) is 3.74. The van der Waals surface area contributed by atoms with E-state index in [0.29, 0.717) is 35.7 Å². The second kappa shape index (κ2) is 13.6. The number of halogens is 2. The number of rotatable bonds is 11. The maximum Gasteiger partial charge on any atom is 0.250 e. The fourth-order valence-corrected chi connectivity index (χ4v) is 4.13. The molecule has 0 saturated carbocycles. The van der Waals surface area contributed by atoms with Gasteiger partial charge in [-0.15, -0.1) is 11.6 Å². The molecule has 37 heavy (non-hydrogen) atoms. The Bertz CT molecular complexity index is 1220. The van der Waals surface area contributed by atoms with Crippen molar-refractivity contribution in [1.29, 1.82) is 0 Å². The Morgan fingerprint density at radius 2 is 1.73 bits per heavy atom. The number of anilines is 2. The van der Waals surface area contributed by atoms with Gasteiger partial charge in [0.15, 0.2) is 0 Å². The van der Waals surface area contributed by atoms with Gasteiger partial charge in [-0.1, -0.05) is 54.1 Å². The van der Waals surface area contributed by atoms with Crippen molar-refractivity contribution in [3.05, 3.63) is 88.9 Å². The van der Waals surface area contributed by atoms with E-state index >= 15 is 0 Å². The van der Waals surface area contributed by atoms with E-state index in [2.05, 4.69) is 10.6 Å². The van der Waals surface area contributed by atoms with Crippen molar-refractivity contribution >= 4 is 52.3 Å². The number of carbonyl (C=O) groups is 3. The SMILES string of the molecule is COc1ccc(N(C(=O)CCl)C(C(=O)NCCc2ccccc2)c2ccc(NC(=O)CO)cc2)cc1Cl. The monoisotopic (exact) mass is 543 g/mol. The Labute approximate surface area is 225 Å². The lowest BCUT2D eigenvalue weighted by Gasteiger charge is -2.31. The first-order valence-corrected chi connectivity index (χ1v) is 12.3. The van der Waals surface area contributed by atoms with Crippen molar-refractivity contribution in [2.45, 2.75) is 12.5 Å². The molecule has 3 rings (SSSR count). The molecule has 0 aromatic heterocycles. The number of ether oxygens (including phenoxy) is 1. The number of carbonyl (C=O) groups excluding carboxylic acids is 3. The highest BCUT2D eigenvalue weighted by Crippen LogP contribution is 2.34. The van der Waals surface area contributed by atoms with E-state index in [-0.39, 0.29) is 10.9 Å². The minimum Gasteiger partial charge on any atom is -0.495 e. The quantitative estimate of drug-likeness (QED) is 0.317. The molecule has 10 heteroatoms. The molecule has 0 aliphatic heterocycles. The number of benzene rings is 3. The molecule has 0 heterocycles. The first kappa shape index (κ1) is 28.0. The highest BCUT2D eigenvalue weighted by Gasteiger charge is 2.32. The third-order valence-electron chi connectivity index (χ3n) is 5.51. The number of nitrogens with one attached hydrogen (secondary N) is 2. The van der Waals surface area contributed by atoms with Crippen LogP contribution in [0.2, 0.25) is 5.02 Å². The van der Waals surface area contributed by atoms with Crippen LogP contribution in [0.25, 0.3) is 0 Å². The van der Waals surface area contributed by atoms with Crippen molar-refractivity contribution in [3.63, 3.8) is 0 Å². The number of hydrogen-bond acceptors (Lipinski definition) is 5. The highest BCUT2D eigenvalue weighted by atomic mass is 35.5. The zero-order valence-electron chi connectivity index (χ0n) is 20.1. The van der Waals surface area contributed by atoms with Crippen LogP contribution >= 0.6 is 23.2 Å². The van der Waals surface area contributed by atoms with Gasteiger partial charge in [0.25, 0.3) is 0 Å². The number of amides is 3. The molecule has 8 nitrogen and oxygen atoms in total. The summed E-state index contributed by atoms with van der Waals surface area (Å²) in [6.45, 7) is -0.319. The van der Waals surface area contributed by atoms with Gasteiger partial charge in [-0.2, -0.15) is 0 Å². The molecular formula is C27H27Cl2N3O5. The second-order valence-corrected chi connectivity index (χ2v) is 8.65. The van der Waals surface area contributed by atoms with Crippen LogP contribution in [-0.4, -0.2) is 49.0 Å². The molecule has 0 bridgehead atoms. The van der Waals surface area contributed by atoms with Gasteiger partial charge in [0.2, 0.25) is 17.7 Å². The molecule has 3 aromatic rings. The number of alkyl halides is 1. The standard InChI is InChI=1S/C27H27Cl2N3O5/c1-37-23-12-11-21(15-22(23)29)32(25(35)16-28)26(19-7-9-20(10-8-19)31-24(34)17-33)27(36)30-14-13-18-5-3-2-4-6-18/h2-12,15,26,33H,13-14,16-17H2,1H3,(H,30,36)(H,31,34).